The number of hydrogen-bond donors (Lipinski definition) is 0. The molecule has 2 rings (SSSR count). The van der Waals surface area contributed by atoms with Gasteiger partial charge in [-0.2, -0.15) is 0 Å². The summed E-state index contributed by atoms with van der Waals surface area (Å²) in [6.45, 7) is 4.03. The maximum atomic E-state index is 10.6. The molecule has 1 saturated heterocycles. The van der Waals surface area contributed by atoms with E-state index >= 15 is 0 Å². The average Bonchev–Trinajstić information content (AvgIpc) is 1.97. The minimum atomic E-state index is -0.667. The summed E-state index contributed by atoms with van der Waals surface area (Å²) in [5.74, 6) is -0.667. The van der Waals surface area contributed by atoms with Crippen molar-refractivity contribution < 1.29 is 14.3 Å². The molecule has 0 amide bonds. The van der Waals surface area contributed by atoms with E-state index in [4.69, 9.17) is 9.47 Å². The van der Waals surface area contributed by atoms with Crippen molar-refractivity contribution in [3.05, 3.63) is 11.1 Å². The summed E-state index contributed by atoms with van der Waals surface area (Å²) >= 11 is 0. The van der Waals surface area contributed by atoms with Crippen molar-refractivity contribution >= 4 is 6.16 Å². The number of rotatable bonds is 0. The summed E-state index contributed by atoms with van der Waals surface area (Å²) in [6.07, 6.45) is 2.40. The van der Waals surface area contributed by atoms with Gasteiger partial charge in [-0.15, -0.1) is 0 Å². The van der Waals surface area contributed by atoms with Crippen LogP contribution in [-0.2, 0) is 9.47 Å². The first-order valence-corrected chi connectivity index (χ1v) is 4.23. The van der Waals surface area contributed by atoms with Gasteiger partial charge in [-0.05, 0) is 26.7 Å². The van der Waals surface area contributed by atoms with Crippen LogP contribution >= 0.6 is 0 Å². The predicted octanol–water partition coefficient (Wildman–Crippen LogP) is 2.37. The third-order valence-corrected chi connectivity index (χ3v) is 2.77. The number of hydrogen-bond acceptors (Lipinski definition) is 3. The van der Waals surface area contributed by atoms with E-state index in [1.165, 1.54) is 5.57 Å². The molecule has 0 radical (unpaired) electrons. The van der Waals surface area contributed by atoms with Gasteiger partial charge in [0.25, 0.3) is 5.79 Å². The molecule has 0 bridgehead atoms. The van der Waals surface area contributed by atoms with Crippen LogP contribution in [0.15, 0.2) is 11.1 Å². The average molecular weight is 168 g/mol. The summed E-state index contributed by atoms with van der Waals surface area (Å²) in [6, 6.07) is 0. The molecule has 0 N–H and O–H groups in total. The molecule has 2 aliphatic rings. The van der Waals surface area contributed by atoms with Crippen LogP contribution in [0.5, 0.6) is 0 Å². The zero-order valence-corrected chi connectivity index (χ0v) is 7.35. The van der Waals surface area contributed by atoms with Crippen LogP contribution in [0.2, 0.25) is 0 Å². The van der Waals surface area contributed by atoms with Gasteiger partial charge in [-0.3, -0.25) is 0 Å². The molecule has 1 spiro atoms. The second kappa shape index (κ2) is 2.25. The van der Waals surface area contributed by atoms with Gasteiger partial charge in [-0.1, -0.05) is 5.57 Å². The highest BCUT2D eigenvalue weighted by Gasteiger charge is 2.51. The fourth-order valence-corrected chi connectivity index (χ4v) is 1.82. The Labute approximate surface area is 71.3 Å². The summed E-state index contributed by atoms with van der Waals surface area (Å²) in [5, 5.41) is 0. The highest BCUT2D eigenvalue weighted by atomic mass is 16.9. The van der Waals surface area contributed by atoms with Gasteiger partial charge in [-0.25, -0.2) is 4.79 Å². The molecule has 1 fully saturated rings. The SMILES string of the molecule is CC1=C(C)C2(CCC1)OC(=O)O2. The van der Waals surface area contributed by atoms with Gasteiger partial charge in [0.2, 0.25) is 0 Å². The lowest BCUT2D eigenvalue weighted by Gasteiger charge is -2.43. The van der Waals surface area contributed by atoms with Crippen molar-refractivity contribution in [2.45, 2.75) is 38.9 Å². The number of ether oxygens (including phenoxy) is 2. The molecule has 1 aliphatic heterocycles. The van der Waals surface area contributed by atoms with E-state index < -0.39 is 11.9 Å². The van der Waals surface area contributed by atoms with Crippen LogP contribution < -0.4 is 0 Å². The molecule has 0 atom stereocenters. The monoisotopic (exact) mass is 168 g/mol. The van der Waals surface area contributed by atoms with E-state index in [9.17, 15) is 4.79 Å². The first-order valence-electron chi connectivity index (χ1n) is 4.23. The smallest absolute Gasteiger partial charge is 0.387 e. The molecule has 0 unspecified atom stereocenters. The second-order valence-corrected chi connectivity index (χ2v) is 3.47. The Hall–Kier alpha value is -0.990. The molecular weight excluding hydrogens is 156 g/mol. The number of carbonyl (C=O) groups excluding carboxylic acids is 1. The molecule has 0 aromatic heterocycles. The summed E-state index contributed by atoms with van der Waals surface area (Å²) < 4.78 is 10.1. The Bertz CT molecular complexity index is 257. The standard InChI is InChI=1S/C9H12O3/c1-6-4-3-5-9(7(6)2)11-8(10)12-9/h3-5H2,1-2H3. The van der Waals surface area contributed by atoms with Crippen LogP contribution in [0.4, 0.5) is 4.79 Å². The maximum absolute atomic E-state index is 10.6. The Balaban J connectivity index is 2.27. The lowest BCUT2D eigenvalue weighted by atomic mass is 9.87. The molecule has 1 heterocycles. The summed E-state index contributed by atoms with van der Waals surface area (Å²) in [7, 11) is 0. The zero-order valence-electron chi connectivity index (χ0n) is 7.35. The van der Waals surface area contributed by atoms with E-state index in [1.807, 2.05) is 6.92 Å². The quantitative estimate of drug-likeness (QED) is 0.411. The van der Waals surface area contributed by atoms with E-state index in [0.717, 1.165) is 24.8 Å². The van der Waals surface area contributed by atoms with Crippen LogP contribution in [0, 0.1) is 0 Å². The molecule has 0 aromatic carbocycles. The van der Waals surface area contributed by atoms with Gasteiger partial charge >= 0.3 is 6.16 Å². The summed E-state index contributed by atoms with van der Waals surface area (Å²) in [5.41, 5.74) is 2.36. The van der Waals surface area contributed by atoms with Crippen molar-refractivity contribution in [3.8, 4) is 0 Å². The number of allylic oxidation sites excluding steroid dienone is 1. The molecule has 3 nitrogen and oxygen atoms in total. The first kappa shape index (κ1) is 7.65. The van der Waals surface area contributed by atoms with Gasteiger partial charge < -0.3 is 9.47 Å². The van der Waals surface area contributed by atoms with E-state index in [1.54, 1.807) is 0 Å². The molecule has 0 saturated carbocycles. The topological polar surface area (TPSA) is 35.5 Å². The molecule has 66 valence electrons. The van der Waals surface area contributed by atoms with Crippen LogP contribution in [0.3, 0.4) is 0 Å². The van der Waals surface area contributed by atoms with Crippen LogP contribution in [-0.4, -0.2) is 11.9 Å². The zero-order chi connectivity index (χ0) is 8.77. The summed E-state index contributed by atoms with van der Waals surface area (Å²) in [4.78, 5) is 10.6. The fourth-order valence-electron chi connectivity index (χ4n) is 1.82. The van der Waals surface area contributed by atoms with E-state index in [-0.39, 0.29) is 0 Å². The minimum Gasteiger partial charge on any atom is -0.387 e. The third-order valence-electron chi connectivity index (χ3n) is 2.77. The van der Waals surface area contributed by atoms with Gasteiger partial charge in [0.1, 0.15) is 0 Å². The van der Waals surface area contributed by atoms with Crippen molar-refractivity contribution in [2.75, 3.05) is 0 Å². The van der Waals surface area contributed by atoms with Crippen molar-refractivity contribution in [2.24, 2.45) is 0 Å². The van der Waals surface area contributed by atoms with Crippen molar-refractivity contribution in [1.29, 1.82) is 0 Å². The van der Waals surface area contributed by atoms with E-state index in [2.05, 4.69) is 6.92 Å². The Morgan fingerprint density at radius 3 is 2.58 bits per heavy atom. The van der Waals surface area contributed by atoms with Gasteiger partial charge in [0.15, 0.2) is 0 Å². The van der Waals surface area contributed by atoms with Gasteiger partial charge in [0.05, 0.1) is 0 Å². The lowest BCUT2D eigenvalue weighted by molar-refractivity contribution is -0.253. The number of carbonyl (C=O) groups is 1. The molecule has 0 aromatic rings. The predicted molar refractivity (Wildman–Crippen MR) is 42.5 cm³/mol. The molecule has 1 aliphatic carbocycles. The molecular formula is C9H12O3. The van der Waals surface area contributed by atoms with E-state index in [0.29, 0.717) is 0 Å². The highest BCUT2D eigenvalue weighted by molar-refractivity contribution is 5.67. The molecule has 3 heteroatoms. The lowest BCUT2D eigenvalue weighted by Crippen LogP contribution is -2.52. The Kier molecular flexibility index (Phi) is 1.43. The fraction of sp³-hybridized carbons (Fsp3) is 0.667. The third kappa shape index (κ3) is 0.854. The Morgan fingerprint density at radius 2 is 2.00 bits per heavy atom. The first-order chi connectivity index (χ1) is 5.64. The normalized spacial score (nSPS) is 26.3. The maximum Gasteiger partial charge on any atom is 0.515 e. The molecule has 12 heavy (non-hydrogen) atoms. The van der Waals surface area contributed by atoms with Crippen molar-refractivity contribution in [3.63, 3.8) is 0 Å². The van der Waals surface area contributed by atoms with Crippen LogP contribution in [0.25, 0.3) is 0 Å². The second-order valence-electron chi connectivity index (χ2n) is 3.47. The van der Waals surface area contributed by atoms with Crippen molar-refractivity contribution in [1.82, 2.24) is 0 Å². The van der Waals surface area contributed by atoms with Crippen LogP contribution in [0.1, 0.15) is 33.1 Å². The minimum absolute atomic E-state index is 0.538. The Morgan fingerprint density at radius 1 is 1.33 bits per heavy atom. The highest BCUT2D eigenvalue weighted by Crippen LogP contribution is 2.42. The largest absolute Gasteiger partial charge is 0.515 e. The van der Waals surface area contributed by atoms with Gasteiger partial charge in [0, 0.05) is 12.0 Å².